The molecule has 0 aliphatic rings. The van der Waals surface area contributed by atoms with Crippen molar-refractivity contribution in [3.63, 3.8) is 0 Å². The van der Waals surface area contributed by atoms with E-state index in [2.05, 4.69) is 15.4 Å². The average Bonchev–Trinajstić information content (AvgIpc) is 3.22. The number of nitrogens with zero attached hydrogens (tertiary/aromatic N) is 3. The van der Waals surface area contributed by atoms with Gasteiger partial charge in [-0.1, -0.05) is 13.0 Å². The Kier molecular flexibility index (Phi) is 4.68. The summed E-state index contributed by atoms with van der Waals surface area (Å²) in [5.41, 5.74) is 2.92. The molecule has 0 saturated carbocycles. The summed E-state index contributed by atoms with van der Waals surface area (Å²) in [5.74, 6) is -0.196. The summed E-state index contributed by atoms with van der Waals surface area (Å²) in [6, 6.07) is 7.72. The fourth-order valence-corrected chi connectivity index (χ4v) is 2.99. The number of carbonyl (C=O) groups excluding carboxylic acids is 1. The van der Waals surface area contributed by atoms with Crippen LogP contribution in [0.4, 0.5) is 0 Å². The second-order valence-electron chi connectivity index (χ2n) is 5.01. The highest BCUT2D eigenvalue weighted by atomic mass is 32.1. The summed E-state index contributed by atoms with van der Waals surface area (Å²) >= 11 is 1.63. The number of aryl methyl sites for hydroxylation is 1. The first-order valence-electron chi connectivity index (χ1n) is 7.43. The van der Waals surface area contributed by atoms with E-state index in [0.29, 0.717) is 24.5 Å². The van der Waals surface area contributed by atoms with Gasteiger partial charge in [0.25, 0.3) is 5.91 Å². The molecule has 0 spiro atoms. The predicted octanol–water partition coefficient (Wildman–Crippen LogP) is 2.40. The molecule has 7 heteroatoms. The summed E-state index contributed by atoms with van der Waals surface area (Å²) in [4.78, 5) is 17.7. The Balaban J connectivity index is 1.97. The van der Waals surface area contributed by atoms with Crippen LogP contribution in [0.25, 0.3) is 16.2 Å². The summed E-state index contributed by atoms with van der Waals surface area (Å²) < 4.78 is 6.75. The van der Waals surface area contributed by atoms with Crippen LogP contribution in [-0.4, -0.2) is 40.8 Å². The van der Waals surface area contributed by atoms with Crippen molar-refractivity contribution in [2.75, 3.05) is 20.3 Å². The number of hydrogen-bond donors (Lipinski definition) is 1. The fraction of sp³-hybridized carbons (Fsp3) is 0.312. The van der Waals surface area contributed by atoms with Crippen molar-refractivity contribution >= 4 is 22.9 Å². The molecule has 0 bridgehead atoms. The van der Waals surface area contributed by atoms with Crippen LogP contribution in [0.1, 0.15) is 23.1 Å². The van der Waals surface area contributed by atoms with Crippen molar-refractivity contribution in [2.45, 2.75) is 13.3 Å². The zero-order valence-electron chi connectivity index (χ0n) is 13.1. The van der Waals surface area contributed by atoms with E-state index in [0.717, 1.165) is 22.7 Å². The van der Waals surface area contributed by atoms with Gasteiger partial charge in [0.2, 0.25) is 0 Å². The molecule has 23 heavy (non-hydrogen) atoms. The minimum atomic E-state index is -0.196. The van der Waals surface area contributed by atoms with E-state index >= 15 is 0 Å². The number of aromatic nitrogens is 3. The third-order valence-electron chi connectivity index (χ3n) is 3.46. The van der Waals surface area contributed by atoms with Crippen LogP contribution in [0.15, 0.2) is 29.6 Å². The van der Waals surface area contributed by atoms with E-state index in [9.17, 15) is 4.79 Å². The zero-order valence-corrected chi connectivity index (χ0v) is 13.9. The normalized spacial score (nSPS) is 11.0. The maximum atomic E-state index is 12.2. The number of carbonyl (C=O) groups is 1. The van der Waals surface area contributed by atoms with E-state index in [1.54, 1.807) is 29.0 Å². The molecule has 0 aliphatic carbocycles. The van der Waals surface area contributed by atoms with Crippen molar-refractivity contribution in [3.8, 4) is 10.6 Å². The molecule has 3 aromatic rings. The van der Waals surface area contributed by atoms with Crippen LogP contribution in [0.5, 0.6) is 0 Å². The van der Waals surface area contributed by atoms with Gasteiger partial charge in [-0.2, -0.15) is 5.10 Å². The lowest BCUT2D eigenvalue weighted by Crippen LogP contribution is -2.28. The molecular weight excluding hydrogens is 312 g/mol. The standard InChI is InChI=1S/C16H18N4O2S/c1-3-11-9-13(16(21)17-6-7-22-2)18-15-10-12(19-20(11)15)14-5-4-8-23-14/h4-5,8-10H,3,6-7H2,1-2H3,(H,17,21). The first kappa shape index (κ1) is 15.6. The SMILES string of the molecule is CCc1cc(C(=O)NCCOC)nc2cc(-c3cccs3)nn12. The minimum absolute atomic E-state index is 0.196. The van der Waals surface area contributed by atoms with E-state index in [4.69, 9.17) is 4.74 Å². The number of ether oxygens (including phenoxy) is 1. The smallest absolute Gasteiger partial charge is 0.270 e. The van der Waals surface area contributed by atoms with Gasteiger partial charge >= 0.3 is 0 Å². The van der Waals surface area contributed by atoms with Crippen LogP contribution in [0.2, 0.25) is 0 Å². The Hall–Kier alpha value is -2.25. The molecule has 1 amide bonds. The van der Waals surface area contributed by atoms with E-state index in [1.807, 2.05) is 30.5 Å². The van der Waals surface area contributed by atoms with Crippen LogP contribution >= 0.6 is 11.3 Å². The second kappa shape index (κ2) is 6.89. The van der Waals surface area contributed by atoms with Gasteiger partial charge in [0.1, 0.15) is 11.4 Å². The molecule has 0 aromatic carbocycles. The minimum Gasteiger partial charge on any atom is -0.383 e. The van der Waals surface area contributed by atoms with Crippen LogP contribution in [0.3, 0.4) is 0 Å². The summed E-state index contributed by atoms with van der Waals surface area (Å²) in [6.45, 7) is 2.97. The van der Waals surface area contributed by atoms with Crippen molar-refractivity contribution in [2.24, 2.45) is 0 Å². The fourth-order valence-electron chi connectivity index (χ4n) is 2.31. The molecule has 120 valence electrons. The Morgan fingerprint density at radius 2 is 2.30 bits per heavy atom. The maximum absolute atomic E-state index is 12.2. The highest BCUT2D eigenvalue weighted by Crippen LogP contribution is 2.24. The monoisotopic (exact) mass is 330 g/mol. The number of methoxy groups -OCH3 is 1. The predicted molar refractivity (Wildman–Crippen MR) is 89.9 cm³/mol. The van der Waals surface area contributed by atoms with Crippen LogP contribution in [0, 0.1) is 0 Å². The highest BCUT2D eigenvalue weighted by molar-refractivity contribution is 7.13. The first-order valence-corrected chi connectivity index (χ1v) is 8.31. The van der Waals surface area contributed by atoms with Gasteiger partial charge in [0.15, 0.2) is 5.65 Å². The van der Waals surface area contributed by atoms with Gasteiger partial charge in [0, 0.05) is 25.4 Å². The average molecular weight is 330 g/mol. The first-order chi connectivity index (χ1) is 11.2. The van der Waals surface area contributed by atoms with Gasteiger partial charge in [-0.25, -0.2) is 9.50 Å². The molecule has 1 N–H and O–H groups in total. The molecule has 0 saturated heterocycles. The number of amides is 1. The van der Waals surface area contributed by atoms with Gasteiger partial charge in [-0.3, -0.25) is 4.79 Å². The number of rotatable bonds is 6. The number of nitrogens with one attached hydrogen (secondary N) is 1. The molecule has 0 unspecified atom stereocenters. The maximum Gasteiger partial charge on any atom is 0.270 e. The summed E-state index contributed by atoms with van der Waals surface area (Å²) in [5, 5.41) is 9.43. The lowest BCUT2D eigenvalue weighted by molar-refractivity contribution is 0.0932. The van der Waals surface area contributed by atoms with E-state index in [-0.39, 0.29) is 5.91 Å². The largest absolute Gasteiger partial charge is 0.383 e. The Morgan fingerprint density at radius 1 is 1.43 bits per heavy atom. The van der Waals surface area contributed by atoms with Crippen molar-refractivity contribution in [1.29, 1.82) is 0 Å². The Labute approximate surface area is 138 Å². The van der Waals surface area contributed by atoms with Crippen molar-refractivity contribution in [3.05, 3.63) is 41.0 Å². The van der Waals surface area contributed by atoms with E-state index < -0.39 is 0 Å². The number of hydrogen-bond acceptors (Lipinski definition) is 5. The van der Waals surface area contributed by atoms with Crippen LogP contribution in [-0.2, 0) is 11.2 Å². The third-order valence-corrected chi connectivity index (χ3v) is 4.35. The summed E-state index contributed by atoms with van der Waals surface area (Å²) in [6.07, 6.45) is 0.767. The quantitative estimate of drug-likeness (QED) is 0.705. The third kappa shape index (κ3) is 3.25. The number of fused-ring (bicyclic) bond motifs is 1. The molecule has 0 radical (unpaired) electrons. The Bertz CT molecular complexity index is 811. The molecule has 0 fully saturated rings. The Morgan fingerprint density at radius 3 is 3.00 bits per heavy atom. The molecule has 3 heterocycles. The zero-order chi connectivity index (χ0) is 16.2. The van der Waals surface area contributed by atoms with E-state index in [1.165, 1.54) is 0 Å². The highest BCUT2D eigenvalue weighted by Gasteiger charge is 2.14. The molecular formula is C16H18N4O2S. The lowest BCUT2D eigenvalue weighted by atomic mass is 10.2. The molecule has 6 nitrogen and oxygen atoms in total. The molecule has 3 aromatic heterocycles. The molecule has 0 aliphatic heterocycles. The van der Waals surface area contributed by atoms with Gasteiger partial charge in [-0.15, -0.1) is 11.3 Å². The topological polar surface area (TPSA) is 68.5 Å². The molecule has 0 atom stereocenters. The number of thiophene rings is 1. The van der Waals surface area contributed by atoms with Gasteiger partial charge < -0.3 is 10.1 Å². The summed E-state index contributed by atoms with van der Waals surface area (Å²) in [7, 11) is 1.60. The lowest BCUT2D eigenvalue weighted by Gasteiger charge is -2.07. The van der Waals surface area contributed by atoms with Crippen molar-refractivity contribution < 1.29 is 9.53 Å². The van der Waals surface area contributed by atoms with Gasteiger partial charge in [0.05, 0.1) is 11.5 Å². The van der Waals surface area contributed by atoms with Crippen LogP contribution < -0.4 is 5.32 Å². The molecule has 3 rings (SSSR count). The van der Waals surface area contributed by atoms with Gasteiger partial charge in [-0.05, 0) is 23.9 Å². The second-order valence-corrected chi connectivity index (χ2v) is 5.96. The van der Waals surface area contributed by atoms with Crippen molar-refractivity contribution in [1.82, 2.24) is 19.9 Å².